The van der Waals surface area contributed by atoms with Crippen molar-refractivity contribution in [1.82, 2.24) is 0 Å². The van der Waals surface area contributed by atoms with Crippen molar-refractivity contribution in [3.63, 3.8) is 0 Å². The van der Waals surface area contributed by atoms with E-state index < -0.39 is 18.2 Å². The van der Waals surface area contributed by atoms with E-state index in [1.807, 2.05) is 0 Å². The molecule has 0 atom stereocenters. The maximum absolute atomic E-state index is 11.7. The number of hydrogen-bond acceptors (Lipinski definition) is 4. The Morgan fingerprint density at radius 1 is 0.960 bits per heavy atom. The molecule has 0 bridgehead atoms. The first-order chi connectivity index (χ1) is 12.1. The van der Waals surface area contributed by atoms with E-state index in [0.29, 0.717) is 12.4 Å². The Kier molecular flexibility index (Phi) is 11.5. The second-order valence-corrected chi connectivity index (χ2v) is 6.49. The number of ether oxygens (including phenoxy) is 1. The van der Waals surface area contributed by atoms with Crippen LogP contribution in [0.1, 0.15) is 94.5 Å². The third-order valence-electron chi connectivity index (χ3n) is 4.20. The molecular formula is C20H32O5. The van der Waals surface area contributed by atoms with Gasteiger partial charge in [0.15, 0.2) is 5.75 Å². The molecule has 0 amide bonds. The zero-order chi connectivity index (χ0) is 18.3. The Balaban J connectivity index is 2.03. The molecule has 5 heteroatoms. The van der Waals surface area contributed by atoms with E-state index in [4.69, 9.17) is 14.3 Å². The van der Waals surface area contributed by atoms with Gasteiger partial charge in [0.25, 0.3) is 0 Å². The second-order valence-electron chi connectivity index (χ2n) is 6.49. The largest absolute Gasteiger partial charge is 0.489 e. The summed E-state index contributed by atoms with van der Waals surface area (Å²) in [4.78, 5) is 22.3. The molecule has 1 aromatic heterocycles. The van der Waals surface area contributed by atoms with Gasteiger partial charge in [-0.3, -0.25) is 9.59 Å². The molecule has 1 heterocycles. The highest BCUT2D eigenvalue weighted by Gasteiger charge is 2.19. The molecule has 0 saturated carbocycles. The SMILES string of the molecule is CCCCCCCCCCCCCOc1ccoc1C(=O)CC(=O)O. The number of aliphatic carboxylic acids is 1. The van der Waals surface area contributed by atoms with E-state index in [-0.39, 0.29) is 5.76 Å². The number of hydrogen-bond donors (Lipinski definition) is 1. The van der Waals surface area contributed by atoms with Crippen LogP contribution in [0.4, 0.5) is 0 Å². The average molecular weight is 352 g/mol. The van der Waals surface area contributed by atoms with Crippen molar-refractivity contribution in [2.75, 3.05) is 6.61 Å². The Morgan fingerprint density at radius 2 is 1.52 bits per heavy atom. The van der Waals surface area contributed by atoms with E-state index >= 15 is 0 Å². The van der Waals surface area contributed by atoms with Crippen molar-refractivity contribution in [2.24, 2.45) is 0 Å². The Morgan fingerprint density at radius 3 is 2.08 bits per heavy atom. The lowest BCUT2D eigenvalue weighted by Crippen LogP contribution is -2.08. The molecule has 0 aliphatic heterocycles. The number of carboxylic acids is 1. The minimum absolute atomic E-state index is 0.00507. The first-order valence-corrected chi connectivity index (χ1v) is 9.60. The van der Waals surface area contributed by atoms with Gasteiger partial charge in [0.2, 0.25) is 11.5 Å². The van der Waals surface area contributed by atoms with Crippen LogP contribution in [0.5, 0.6) is 5.75 Å². The molecule has 1 rings (SSSR count). The van der Waals surface area contributed by atoms with E-state index in [0.717, 1.165) is 12.8 Å². The van der Waals surface area contributed by atoms with Crippen LogP contribution in [0.25, 0.3) is 0 Å². The van der Waals surface area contributed by atoms with Crippen LogP contribution in [0.2, 0.25) is 0 Å². The molecule has 0 aliphatic carbocycles. The predicted molar refractivity (Wildman–Crippen MR) is 97.2 cm³/mol. The van der Waals surface area contributed by atoms with Gasteiger partial charge >= 0.3 is 5.97 Å². The van der Waals surface area contributed by atoms with Gasteiger partial charge in [-0.05, 0) is 6.42 Å². The maximum Gasteiger partial charge on any atom is 0.311 e. The number of unbranched alkanes of at least 4 members (excludes halogenated alkanes) is 10. The molecule has 142 valence electrons. The lowest BCUT2D eigenvalue weighted by molar-refractivity contribution is -0.135. The number of carbonyl (C=O) groups excluding carboxylic acids is 1. The molecule has 1 N–H and O–H groups in total. The van der Waals surface area contributed by atoms with E-state index in [1.165, 1.54) is 64.1 Å². The zero-order valence-corrected chi connectivity index (χ0v) is 15.4. The Hall–Kier alpha value is -1.78. The van der Waals surface area contributed by atoms with Crippen molar-refractivity contribution < 1.29 is 23.8 Å². The van der Waals surface area contributed by atoms with Gasteiger partial charge in [-0.2, -0.15) is 0 Å². The fraction of sp³-hybridized carbons (Fsp3) is 0.700. The minimum atomic E-state index is -1.17. The predicted octanol–water partition coefficient (Wildman–Crippen LogP) is 5.63. The highest BCUT2D eigenvalue weighted by atomic mass is 16.5. The van der Waals surface area contributed by atoms with Gasteiger partial charge in [0.05, 0.1) is 12.9 Å². The van der Waals surface area contributed by atoms with Crippen LogP contribution in [0.3, 0.4) is 0 Å². The van der Waals surface area contributed by atoms with Crippen LogP contribution in [0.15, 0.2) is 16.7 Å². The Bertz CT molecular complexity index is 492. The summed E-state index contributed by atoms with van der Waals surface area (Å²) in [5.41, 5.74) is 0. The Labute approximate surface area is 150 Å². The molecule has 0 unspecified atom stereocenters. The molecule has 0 fully saturated rings. The molecule has 0 aromatic carbocycles. The highest BCUT2D eigenvalue weighted by molar-refractivity contribution is 6.05. The fourth-order valence-corrected chi connectivity index (χ4v) is 2.78. The summed E-state index contributed by atoms with van der Waals surface area (Å²) in [6, 6.07) is 1.56. The van der Waals surface area contributed by atoms with Gasteiger partial charge in [-0.25, -0.2) is 0 Å². The van der Waals surface area contributed by atoms with Gasteiger partial charge < -0.3 is 14.3 Å². The summed E-state index contributed by atoms with van der Waals surface area (Å²) in [7, 11) is 0. The molecule has 0 radical (unpaired) electrons. The van der Waals surface area contributed by atoms with Crippen molar-refractivity contribution in [3.8, 4) is 5.75 Å². The summed E-state index contributed by atoms with van der Waals surface area (Å²) < 4.78 is 10.6. The van der Waals surface area contributed by atoms with Gasteiger partial charge in [0.1, 0.15) is 6.42 Å². The quantitative estimate of drug-likeness (QED) is 0.237. The number of ketones is 1. The number of carboxylic acid groups (broad SMARTS) is 1. The third kappa shape index (κ3) is 9.95. The molecule has 5 nitrogen and oxygen atoms in total. The first kappa shape index (κ1) is 21.3. The summed E-state index contributed by atoms with van der Waals surface area (Å²) in [5, 5.41) is 8.66. The molecule has 0 saturated heterocycles. The van der Waals surface area contributed by atoms with Crippen LogP contribution >= 0.6 is 0 Å². The van der Waals surface area contributed by atoms with E-state index in [9.17, 15) is 9.59 Å². The number of carbonyl (C=O) groups is 2. The molecule has 0 aliphatic rings. The second kappa shape index (κ2) is 13.5. The van der Waals surface area contributed by atoms with Crippen molar-refractivity contribution in [1.29, 1.82) is 0 Å². The lowest BCUT2D eigenvalue weighted by Gasteiger charge is -2.06. The smallest absolute Gasteiger partial charge is 0.311 e. The van der Waals surface area contributed by atoms with Crippen LogP contribution in [0, 0.1) is 0 Å². The van der Waals surface area contributed by atoms with Gasteiger partial charge in [-0.1, -0.05) is 71.1 Å². The van der Waals surface area contributed by atoms with Gasteiger partial charge in [-0.15, -0.1) is 0 Å². The van der Waals surface area contributed by atoms with Crippen molar-refractivity contribution in [2.45, 2.75) is 84.0 Å². The molecule has 25 heavy (non-hydrogen) atoms. The van der Waals surface area contributed by atoms with E-state index in [1.54, 1.807) is 6.07 Å². The maximum atomic E-state index is 11.7. The summed E-state index contributed by atoms with van der Waals surface area (Å²) >= 11 is 0. The average Bonchev–Trinajstić information content (AvgIpc) is 3.04. The van der Waals surface area contributed by atoms with Crippen molar-refractivity contribution in [3.05, 3.63) is 18.1 Å². The number of rotatable bonds is 16. The normalized spacial score (nSPS) is 10.8. The highest BCUT2D eigenvalue weighted by Crippen LogP contribution is 2.22. The number of furan rings is 1. The van der Waals surface area contributed by atoms with Gasteiger partial charge in [0, 0.05) is 6.07 Å². The van der Waals surface area contributed by atoms with Crippen LogP contribution in [-0.4, -0.2) is 23.5 Å². The monoisotopic (exact) mass is 352 g/mol. The topological polar surface area (TPSA) is 76.7 Å². The third-order valence-corrected chi connectivity index (χ3v) is 4.20. The molecule has 1 aromatic rings. The minimum Gasteiger partial charge on any atom is -0.489 e. The van der Waals surface area contributed by atoms with E-state index in [2.05, 4.69) is 6.92 Å². The van der Waals surface area contributed by atoms with Crippen molar-refractivity contribution >= 4 is 11.8 Å². The molecule has 0 spiro atoms. The molecular weight excluding hydrogens is 320 g/mol. The first-order valence-electron chi connectivity index (χ1n) is 9.60. The summed E-state index contributed by atoms with van der Waals surface area (Å²) in [6.07, 6.45) is 14.7. The summed E-state index contributed by atoms with van der Waals surface area (Å²) in [6.45, 7) is 2.76. The number of Topliss-reactive ketones (excluding diaryl/α,β-unsaturated/α-hetero) is 1. The zero-order valence-electron chi connectivity index (χ0n) is 15.4. The fourth-order valence-electron chi connectivity index (χ4n) is 2.78. The standard InChI is InChI=1S/C20H32O5/c1-2-3-4-5-6-7-8-9-10-11-12-14-24-18-13-15-25-20(18)17(21)16-19(22)23/h13,15H,2-12,14,16H2,1H3,(H,22,23). The van der Waals surface area contributed by atoms with Crippen LogP contribution in [-0.2, 0) is 4.79 Å². The lowest BCUT2D eigenvalue weighted by atomic mass is 10.1. The van der Waals surface area contributed by atoms with Crippen LogP contribution < -0.4 is 4.74 Å². The summed E-state index contributed by atoms with van der Waals surface area (Å²) in [5.74, 6) is -1.38.